The van der Waals surface area contributed by atoms with Gasteiger partial charge in [-0.25, -0.2) is 0 Å². The molecule has 1 atom stereocenters. The van der Waals surface area contributed by atoms with Crippen LogP contribution in [0.4, 0.5) is 5.82 Å². The summed E-state index contributed by atoms with van der Waals surface area (Å²) in [5.41, 5.74) is 7.54. The molecule has 6 heteroatoms. The lowest BCUT2D eigenvalue weighted by atomic mass is 10.1. The minimum atomic E-state index is 0.173. The summed E-state index contributed by atoms with van der Waals surface area (Å²) in [4.78, 5) is 0. The number of ether oxygens (including phenoxy) is 2. The molecule has 3 rings (SSSR count). The van der Waals surface area contributed by atoms with E-state index in [0.29, 0.717) is 11.6 Å². The zero-order valence-corrected chi connectivity index (χ0v) is 13.0. The van der Waals surface area contributed by atoms with Crippen LogP contribution < -0.4 is 20.5 Å². The third-order valence-electron chi connectivity index (χ3n) is 3.92. The van der Waals surface area contributed by atoms with Gasteiger partial charge in [-0.05, 0) is 31.5 Å². The molecular weight excluding hydrogens is 280 g/mol. The number of methoxy groups -OCH3 is 1. The number of nitrogens with two attached hydrogens (primary N) is 1. The second-order valence-corrected chi connectivity index (χ2v) is 5.50. The molecule has 1 aliphatic heterocycles. The lowest BCUT2D eigenvalue weighted by Crippen LogP contribution is -2.37. The van der Waals surface area contributed by atoms with E-state index in [2.05, 4.69) is 10.4 Å². The zero-order chi connectivity index (χ0) is 15.5. The van der Waals surface area contributed by atoms with Gasteiger partial charge in [0.2, 0.25) is 0 Å². The van der Waals surface area contributed by atoms with E-state index >= 15 is 0 Å². The molecule has 1 saturated heterocycles. The van der Waals surface area contributed by atoms with E-state index in [9.17, 15) is 0 Å². The predicted molar refractivity (Wildman–Crippen MR) is 86.1 cm³/mol. The molecule has 3 N–H and O–H groups in total. The molecule has 0 spiro atoms. The highest BCUT2D eigenvalue weighted by Gasteiger charge is 2.19. The number of hydrogen-bond acceptors (Lipinski definition) is 5. The van der Waals surface area contributed by atoms with Crippen molar-refractivity contribution in [1.82, 2.24) is 15.1 Å². The molecule has 0 radical (unpaired) electrons. The summed E-state index contributed by atoms with van der Waals surface area (Å²) in [6.07, 6.45) is 2.35. The van der Waals surface area contributed by atoms with E-state index < -0.39 is 0 Å². The number of hydrogen-bond donors (Lipinski definition) is 2. The fraction of sp³-hybridized carbons (Fsp3) is 0.438. The van der Waals surface area contributed by atoms with Crippen LogP contribution in [0.15, 0.2) is 24.3 Å². The Morgan fingerprint density at radius 2 is 2.27 bits per heavy atom. The third kappa shape index (κ3) is 2.87. The van der Waals surface area contributed by atoms with Crippen molar-refractivity contribution < 1.29 is 9.47 Å². The van der Waals surface area contributed by atoms with Gasteiger partial charge in [-0.3, -0.25) is 4.68 Å². The second kappa shape index (κ2) is 6.27. The fourth-order valence-electron chi connectivity index (χ4n) is 2.73. The van der Waals surface area contributed by atoms with Gasteiger partial charge in [0.15, 0.2) is 11.5 Å². The minimum Gasteiger partial charge on any atom is -0.492 e. The Balaban J connectivity index is 1.92. The summed E-state index contributed by atoms with van der Waals surface area (Å²) in [6.45, 7) is 1.92. The van der Waals surface area contributed by atoms with E-state index in [1.54, 1.807) is 11.8 Å². The van der Waals surface area contributed by atoms with Gasteiger partial charge in [-0.1, -0.05) is 6.07 Å². The summed E-state index contributed by atoms with van der Waals surface area (Å²) < 4.78 is 13.4. The zero-order valence-electron chi connectivity index (χ0n) is 13.0. The number of rotatable bonds is 4. The highest BCUT2D eigenvalue weighted by Crippen LogP contribution is 2.38. The molecule has 0 bridgehead atoms. The van der Waals surface area contributed by atoms with Crippen LogP contribution >= 0.6 is 0 Å². The molecule has 1 aliphatic rings. The van der Waals surface area contributed by atoms with Gasteiger partial charge >= 0.3 is 0 Å². The van der Waals surface area contributed by atoms with Crippen LogP contribution in [0.2, 0.25) is 0 Å². The highest BCUT2D eigenvalue weighted by atomic mass is 16.5. The summed E-state index contributed by atoms with van der Waals surface area (Å²) in [7, 11) is 3.47. The SMILES string of the molecule is COc1c(OC2CCCNC2)cccc1-c1cc(N)n(C)n1. The smallest absolute Gasteiger partial charge is 0.170 e. The first-order valence-corrected chi connectivity index (χ1v) is 7.53. The Hall–Kier alpha value is -2.21. The minimum absolute atomic E-state index is 0.173. The van der Waals surface area contributed by atoms with Gasteiger partial charge in [0.25, 0.3) is 0 Å². The van der Waals surface area contributed by atoms with Crippen LogP contribution in [0.25, 0.3) is 11.3 Å². The summed E-state index contributed by atoms with van der Waals surface area (Å²) in [5.74, 6) is 2.06. The molecule has 0 saturated carbocycles. The maximum atomic E-state index is 6.12. The van der Waals surface area contributed by atoms with Crippen molar-refractivity contribution >= 4 is 5.82 Å². The average molecular weight is 302 g/mol. The number of anilines is 1. The van der Waals surface area contributed by atoms with Gasteiger partial charge in [-0.2, -0.15) is 5.10 Å². The number of nitrogens with zero attached hydrogens (tertiary/aromatic N) is 2. The van der Waals surface area contributed by atoms with Gasteiger partial charge in [0, 0.05) is 25.2 Å². The van der Waals surface area contributed by atoms with Crippen LogP contribution in [0.1, 0.15) is 12.8 Å². The van der Waals surface area contributed by atoms with Crippen molar-refractivity contribution in [3.8, 4) is 22.8 Å². The molecule has 1 aromatic heterocycles. The number of benzene rings is 1. The Morgan fingerprint density at radius 1 is 1.41 bits per heavy atom. The van der Waals surface area contributed by atoms with Gasteiger partial charge in [-0.15, -0.1) is 0 Å². The molecular formula is C16H22N4O2. The first kappa shape index (κ1) is 14.7. The molecule has 2 aromatic rings. The standard InChI is InChI=1S/C16H22N4O2/c1-20-15(17)9-13(19-20)12-6-3-7-14(16(12)21-2)22-11-5-4-8-18-10-11/h3,6-7,9,11,18H,4-5,8,10,17H2,1-2H3. The molecule has 2 heterocycles. The molecule has 6 nitrogen and oxygen atoms in total. The number of para-hydroxylation sites is 1. The normalized spacial score (nSPS) is 18.2. The molecule has 1 unspecified atom stereocenters. The van der Waals surface area contributed by atoms with Gasteiger partial charge in [0.05, 0.1) is 12.8 Å². The maximum absolute atomic E-state index is 6.12. The number of aromatic nitrogens is 2. The Kier molecular flexibility index (Phi) is 4.20. The average Bonchev–Trinajstić information content (AvgIpc) is 2.87. The largest absolute Gasteiger partial charge is 0.492 e. The number of nitrogen functional groups attached to an aromatic ring is 1. The van der Waals surface area contributed by atoms with E-state index in [-0.39, 0.29) is 6.10 Å². The summed E-state index contributed by atoms with van der Waals surface area (Å²) in [6, 6.07) is 7.69. The van der Waals surface area contributed by atoms with Crippen molar-refractivity contribution in [2.24, 2.45) is 7.05 Å². The molecule has 1 aromatic carbocycles. The fourth-order valence-corrected chi connectivity index (χ4v) is 2.73. The van der Waals surface area contributed by atoms with Crippen molar-refractivity contribution in [2.45, 2.75) is 18.9 Å². The molecule has 118 valence electrons. The topological polar surface area (TPSA) is 74.3 Å². The summed E-state index contributed by atoms with van der Waals surface area (Å²) in [5, 5.41) is 7.77. The van der Waals surface area contributed by atoms with Crippen LogP contribution in [-0.2, 0) is 7.05 Å². The monoisotopic (exact) mass is 302 g/mol. The lowest BCUT2D eigenvalue weighted by Gasteiger charge is -2.25. The van der Waals surface area contributed by atoms with Crippen LogP contribution in [0.5, 0.6) is 11.5 Å². The third-order valence-corrected chi connectivity index (χ3v) is 3.92. The van der Waals surface area contributed by atoms with Crippen LogP contribution in [0.3, 0.4) is 0 Å². The van der Waals surface area contributed by atoms with E-state index in [4.69, 9.17) is 15.2 Å². The number of nitrogens with one attached hydrogen (secondary N) is 1. The second-order valence-electron chi connectivity index (χ2n) is 5.50. The van der Waals surface area contributed by atoms with Gasteiger partial charge < -0.3 is 20.5 Å². The van der Waals surface area contributed by atoms with E-state index in [1.165, 1.54) is 0 Å². The quantitative estimate of drug-likeness (QED) is 0.901. The van der Waals surface area contributed by atoms with Crippen molar-refractivity contribution in [3.63, 3.8) is 0 Å². The van der Waals surface area contributed by atoms with Crippen LogP contribution in [0, 0.1) is 0 Å². The van der Waals surface area contributed by atoms with Crippen molar-refractivity contribution in [3.05, 3.63) is 24.3 Å². The number of aryl methyl sites for hydroxylation is 1. The molecule has 0 aliphatic carbocycles. The summed E-state index contributed by atoms with van der Waals surface area (Å²) >= 11 is 0. The molecule has 1 fully saturated rings. The van der Waals surface area contributed by atoms with E-state index in [1.807, 2.05) is 31.3 Å². The number of piperidine rings is 1. The van der Waals surface area contributed by atoms with E-state index in [0.717, 1.165) is 42.9 Å². The maximum Gasteiger partial charge on any atom is 0.170 e. The van der Waals surface area contributed by atoms with Crippen molar-refractivity contribution in [2.75, 3.05) is 25.9 Å². The highest BCUT2D eigenvalue weighted by molar-refractivity contribution is 5.72. The Bertz CT molecular complexity index is 628. The van der Waals surface area contributed by atoms with Crippen molar-refractivity contribution in [1.29, 1.82) is 0 Å². The first-order valence-electron chi connectivity index (χ1n) is 7.53. The molecule has 22 heavy (non-hydrogen) atoms. The molecule has 0 amide bonds. The Labute approximate surface area is 130 Å². The Morgan fingerprint density at radius 3 is 2.91 bits per heavy atom. The predicted octanol–water partition coefficient (Wildman–Crippen LogP) is 1.81. The lowest BCUT2D eigenvalue weighted by molar-refractivity contribution is 0.161. The van der Waals surface area contributed by atoms with Crippen LogP contribution in [-0.4, -0.2) is 36.1 Å². The first-order chi connectivity index (χ1) is 10.7. The van der Waals surface area contributed by atoms with Gasteiger partial charge in [0.1, 0.15) is 11.9 Å².